The lowest BCUT2D eigenvalue weighted by Gasteiger charge is -2.31. The molecule has 0 radical (unpaired) electrons. The molecule has 2 aliphatic rings. The van der Waals surface area contributed by atoms with Gasteiger partial charge in [-0.05, 0) is 56.6 Å². The van der Waals surface area contributed by atoms with Gasteiger partial charge in [0.25, 0.3) is 0 Å². The molecule has 3 atom stereocenters. The number of fused-ring (bicyclic) bond motifs is 1. The summed E-state index contributed by atoms with van der Waals surface area (Å²) in [5.74, 6) is 0.195. The van der Waals surface area contributed by atoms with Gasteiger partial charge in [0.05, 0.1) is 6.04 Å². The summed E-state index contributed by atoms with van der Waals surface area (Å²) in [6.07, 6.45) is 6.42. The molecule has 0 saturated carbocycles. The van der Waals surface area contributed by atoms with E-state index in [1.165, 1.54) is 17.5 Å². The van der Waals surface area contributed by atoms with Gasteiger partial charge in [-0.3, -0.25) is 4.79 Å². The molecular weight excluding hydrogens is 248 g/mol. The van der Waals surface area contributed by atoms with Crippen molar-refractivity contribution in [2.75, 3.05) is 0 Å². The van der Waals surface area contributed by atoms with Crippen molar-refractivity contribution >= 4 is 5.91 Å². The van der Waals surface area contributed by atoms with E-state index in [1.54, 1.807) is 0 Å². The van der Waals surface area contributed by atoms with Gasteiger partial charge >= 0.3 is 0 Å². The number of hydrogen-bond acceptors (Lipinski definition) is 2. The highest BCUT2D eigenvalue weighted by Crippen LogP contribution is 2.21. The van der Waals surface area contributed by atoms with Crippen LogP contribution < -0.4 is 10.6 Å². The van der Waals surface area contributed by atoms with Crippen LogP contribution in [-0.2, 0) is 17.6 Å². The van der Waals surface area contributed by atoms with Crippen molar-refractivity contribution in [1.82, 2.24) is 10.6 Å². The molecule has 0 spiro atoms. The van der Waals surface area contributed by atoms with Gasteiger partial charge in [-0.25, -0.2) is 0 Å². The molecule has 3 nitrogen and oxygen atoms in total. The average molecular weight is 272 g/mol. The Morgan fingerprint density at radius 2 is 2.00 bits per heavy atom. The van der Waals surface area contributed by atoms with Crippen LogP contribution in [0.15, 0.2) is 24.3 Å². The zero-order valence-corrected chi connectivity index (χ0v) is 12.2. The van der Waals surface area contributed by atoms with Crippen molar-refractivity contribution in [3.8, 4) is 0 Å². The smallest absolute Gasteiger partial charge is 0.237 e. The van der Waals surface area contributed by atoms with E-state index in [4.69, 9.17) is 0 Å². The summed E-state index contributed by atoms with van der Waals surface area (Å²) in [5.41, 5.74) is 2.84. The lowest BCUT2D eigenvalue weighted by molar-refractivity contribution is -0.124. The van der Waals surface area contributed by atoms with Crippen LogP contribution in [0.3, 0.4) is 0 Å². The Morgan fingerprint density at radius 3 is 2.80 bits per heavy atom. The van der Waals surface area contributed by atoms with Crippen molar-refractivity contribution in [1.29, 1.82) is 0 Å². The first-order valence-corrected chi connectivity index (χ1v) is 7.85. The van der Waals surface area contributed by atoms with E-state index in [9.17, 15) is 4.79 Å². The predicted octanol–water partition coefficient (Wildman–Crippen LogP) is 2.19. The Morgan fingerprint density at radius 1 is 1.20 bits per heavy atom. The summed E-state index contributed by atoms with van der Waals surface area (Å²) in [4.78, 5) is 12.4. The number of amides is 1. The summed E-state index contributed by atoms with van der Waals surface area (Å²) < 4.78 is 0. The second kappa shape index (κ2) is 5.96. The first kappa shape index (κ1) is 13.6. The van der Waals surface area contributed by atoms with E-state index in [-0.39, 0.29) is 11.9 Å². The average Bonchev–Trinajstić information content (AvgIpc) is 2.47. The SMILES string of the molecule is CC1CCCC(C(=O)NC2CCc3ccccc3C2)N1. The van der Waals surface area contributed by atoms with Crippen molar-refractivity contribution in [3.05, 3.63) is 35.4 Å². The molecule has 108 valence electrons. The first-order valence-electron chi connectivity index (χ1n) is 7.85. The Hall–Kier alpha value is -1.35. The fraction of sp³-hybridized carbons (Fsp3) is 0.588. The minimum absolute atomic E-state index is 0.0101. The maximum atomic E-state index is 12.4. The lowest BCUT2D eigenvalue weighted by Crippen LogP contribution is -2.53. The molecule has 1 aromatic rings. The standard InChI is InChI=1S/C17H24N2O/c1-12-5-4-8-16(18-12)17(20)19-15-10-9-13-6-2-3-7-14(13)11-15/h2-3,6-7,12,15-16,18H,4-5,8-11H2,1H3,(H,19,20). The minimum atomic E-state index is 0.0101. The van der Waals surface area contributed by atoms with Gasteiger partial charge in [-0.1, -0.05) is 24.3 Å². The Kier molecular flexibility index (Phi) is 4.06. The van der Waals surface area contributed by atoms with Gasteiger partial charge in [-0.15, -0.1) is 0 Å². The Labute approximate surface area is 121 Å². The van der Waals surface area contributed by atoms with E-state index in [0.717, 1.165) is 32.1 Å². The van der Waals surface area contributed by atoms with Crippen molar-refractivity contribution in [3.63, 3.8) is 0 Å². The van der Waals surface area contributed by atoms with E-state index in [0.29, 0.717) is 12.1 Å². The Balaban J connectivity index is 1.58. The monoisotopic (exact) mass is 272 g/mol. The number of hydrogen-bond donors (Lipinski definition) is 2. The van der Waals surface area contributed by atoms with Crippen LogP contribution in [0.4, 0.5) is 0 Å². The molecule has 1 saturated heterocycles. The summed E-state index contributed by atoms with van der Waals surface area (Å²) >= 11 is 0. The second-order valence-electron chi connectivity index (χ2n) is 6.27. The largest absolute Gasteiger partial charge is 0.352 e. The van der Waals surface area contributed by atoms with Gasteiger partial charge < -0.3 is 10.6 Å². The molecule has 3 heteroatoms. The zero-order chi connectivity index (χ0) is 13.9. The molecule has 20 heavy (non-hydrogen) atoms. The maximum Gasteiger partial charge on any atom is 0.237 e. The minimum Gasteiger partial charge on any atom is -0.352 e. The molecule has 1 heterocycles. The van der Waals surface area contributed by atoms with Crippen molar-refractivity contribution in [2.24, 2.45) is 0 Å². The van der Waals surface area contributed by atoms with E-state index in [2.05, 4.69) is 41.8 Å². The molecule has 1 aliphatic heterocycles. The van der Waals surface area contributed by atoms with Crippen LogP contribution in [0.1, 0.15) is 43.7 Å². The molecule has 2 N–H and O–H groups in total. The topological polar surface area (TPSA) is 41.1 Å². The number of carbonyl (C=O) groups is 1. The molecule has 0 aromatic heterocycles. The molecule has 1 amide bonds. The van der Waals surface area contributed by atoms with Gasteiger partial charge in [0.1, 0.15) is 0 Å². The molecular formula is C17H24N2O. The van der Waals surface area contributed by atoms with Gasteiger partial charge in [-0.2, -0.15) is 0 Å². The number of nitrogens with one attached hydrogen (secondary N) is 2. The fourth-order valence-electron chi connectivity index (χ4n) is 3.47. The normalized spacial score (nSPS) is 29.6. The maximum absolute atomic E-state index is 12.4. The van der Waals surface area contributed by atoms with E-state index in [1.807, 2.05) is 0 Å². The van der Waals surface area contributed by atoms with Crippen LogP contribution in [0.5, 0.6) is 0 Å². The van der Waals surface area contributed by atoms with Crippen molar-refractivity contribution in [2.45, 2.75) is 63.6 Å². The predicted molar refractivity (Wildman–Crippen MR) is 80.6 cm³/mol. The third kappa shape index (κ3) is 3.04. The highest BCUT2D eigenvalue weighted by atomic mass is 16.2. The van der Waals surface area contributed by atoms with E-state index >= 15 is 0 Å². The van der Waals surface area contributed by atoms with E-state index < -0.39 is 0 Å². The van der Waals surface area contributed by atoms with Crippen molar-refractivity contribution < 1.29 is 4.79 Å². The zero-order valence-electron chi connectivity index (χ0n) is 12.2. The van der Waals surface area contributed by atoms with Gasteiger partial charge in [0.2, 0.25) is 5.91 Å². The van der Waals surface area contributed by atoms with Crippen LogP contribution >= 0.6 is 0 Å². The molecule has 1 aromatic carbocycles. The van der Waals surface area contributed by atoms with Crippen LogP contribution in [-0.4, -0.2) is 24.0 Å². The molecule has 1 aliphatic carbocycles. The summed E-state index contributed by atoms with van der Waals surface area (Å²) in [7, 11) is 0. The lowest BCUT2D eigenvalue weighted by atomic mass is 9.88. The number of rotatable bonds is 2. The van der Waals surface area contributed by atoms with Crippen LogP contribution in [0.2, 0.25) is 0 Å². The summed E-state index contributed by atoms with van der Waals surface area (Å²) in [6.45, 7) is 2.16. The number of aryl methyl sites for hydroxylation is 1. The third-order valence-electron chi connectivity index (χ3n) is 4.63. The van der Waals surface area contributed by atoms with Crippen LogP contribution in [0, 0.1) is 0 Å². The highest BCUT2D eigenvalue weighted by Gasteiger charge is 2.27. The summed E-state index contributed by atoms with van der Waals surface area (Å²) in [6, 6.07) is 9.36. The second-order valence-corrected chi connectivity index (χ2v) is 6.27. The highest BCUT2D eigenvalue weighted by molar-refractivity contribution is 5.82. The van der Waals surface area contributed by atoms with Crippen LogP contribution in [0.25, 0.3) is 0 Å². The quantitative estimate of drug-likeness (QED) is 0.866. The molecule has 3 rings (SSSR count). The fourth-order valence-corrected chi connectivity index (χ4v) is 3.47. The molecule has 1 fully saturated rings. The Bertz CT molecular complexity index is 486. The third-order valence-corrected chi connectivity index (χ3v) is 4.63. The number of benzene rings is 1. The summed E-state index contributed by atoms with van der Waals surface area (Å²) in [5, 5.41) is 6.66. The molecule has 3 unspecified atom stereocenters. The van der Waals surface area contributed by atoms with Gasteiger partial charge in [0, 0.05) is 12.1 Å². The molecule has 0 bridgehead atoms. The first-order chi connectivity index (χ1) is 9.72. The van der Waals surface area contributed by atoms with Gasteiger partial charge in [0.15, 0.2) is 0 Å². The number of carbonyl (C=O) groups excluding carboxylic acids is 1. The number of piperidine rings is 1.